The van der Waals surface area contributed by atoms with E-state index in [1.54, 1.807) is 0 Å². The van der Waals surface area contributed by atoms with Gasteiger partial charge >= 0.3 is 0 Å². The van der Waals surface area contributed by atoms with Crippen molar-refractivity contribution in [2.24, 2.45) is 0 Å². The smallest absolute Gasteiger partial charge is 0.234 e. The molecule has 0 aliphatic carbocycles. The molecular formula is C21H29N3O2S. The molecule has 1 amide bonds. The van der Waals surface area contributed by atoms with E-state index in [0.29, 0.717) is 11.7 Å². The molecule has 1 aromatic heterocycles. The highest BCUT2D eigenvalue weighted by Gasteiger charge is 2.20. The van der Waals surface area contributed by atoms with Crippen LogP contribution in [-0.2, 0) is 16.1 Å². The fourth-order valence-electron chi connectivity index (χ4n) is 3.24. The topological polar surface area (TPSA) is 56.2 Å². The first kappa shape index (κ1) is 20.0. The number of amides is 1. The number of rotatable bonds is 7. The van der Waals surface area contributed by atoms with Gasteiger partial charge in [0.2, 0.25) is 5.91 Å². The summed E-state index contributed by atoms with van der Waals surface area (Å²) in [4.78, 5) is 17.1. The van der Waals surface area contributed by atoms with Gasteiger partial charge in [-0.25, -0.2) is 4.98 Å². The third-order valence-electron chi connectivity index (χ3n) is 5.00. The Labute approximate surface area is 165 Å². The number of hydrogen-bond donors (Lipinski definition) is 1. The van der Waals surface area contributed by atoms with Crippen LogP contribution in [0.1, 0.15) is 49.6 Å². The third kappa shape index (κ3) is 5.14. The van der Waals surface area contributed by atoms with Crippen LogP contribution in [0.15, 0.2) is 29.4 Å². The van der Waals surface area contributed by atoms with E-state index in [1.807, 2.05) is 25.1 Å². The van der Waals surface area contributed by atoms with Crippen molar-refractivity contribution >= 4 is 23.4 Å². The number of carbonyl (C=O) groups excluding carboxylic acids is 1. The van der Waals surface area contributed by atoms with Gasteiger partial charge in [-0.15, -0.1) is 0 Å². The molecule has 2 heterocycles. The predicted octanol–water partition coefficient (Wildman–Crippen LogP) is 4.53. The summed E-state index contributed by atoms with van der Waals surface area (Å²) in [6.07, 6.45) is 2.47. The number of anilines is 1. The summed E-state index contributed by atoms with van der Waals surface area (Å²) in [7, 11) is 0. The first-order chi connectivity index (χ1) is 12.9. The van der Waals surface area contributed by atoms with Crippen LogP contribution < -0.4 is 5.32 Å². The molecule has 6 heteroatoms. The fourth-order valence-corrected chi connectivity index (χ4v) is 4.14. The van der Waals surface area contributed by atoms with Crippen LogP contribution in [0, 0.1) is 13.8 Å². The second-order valence-electron chi connectivity index (χ2n) is 7.43. The second kappa shape index (κ2) is 8.93. The number of ether oxygens (including phenoxy) is 1. The summed E-state index contributed by atoms with van der Waals surface area (Å²) in [6.45, 7) is 10.1. The van der Waals surface area contributed by atoms with E-state index in [0.717, 1.165) is 48.2 Å². The van der Waals surface area contributed by atoms with Gasteiger partial charge in [0.1, 0.15) is 0 Å². The molecule has 0 bridgehead atoms. The van der Waals surface area contributed by atoms with Gasteiger partial charge in [-0.1, -0.05) is 37.7 Å². The van der Waals surface area contributed by atoms with E-state index in [4.69, 9.17) is 4.74 Å². The number of aryl methyl sites for hydroxylation is 1. The van der Waals surface area contributed by atoms with Crippen LogP contribution in [0.2, 0.25) is 0 Å². The van der Waals surface area contributed by atoms with E-state index >= 15 is 0 Å². The maximum atomic E-state index is 12.4. The summed E-state index contributed by atoms with van der Waals surface area (Å²) in [5, 5.41) is 3.89. The SMILES string of the molecule is Cc1nc(SCC(=O)Nc2cccc(C(C)C)c2)n(CC2CCCO2)c1C. The average Bonchev–Trinajstić information content (AvgIpc) is 3.24. The Kier molecular flexibility index (Phi) is 6.60. The van der Waals surface area contributed by atoms with E-state index in [2.05, 4.69) is 41.7 Å². The van der Waals surface area contributed by atoms with Crippen LogP contribution in [0.5, 0.6) is 0 Å². The van der Waals surface area contributed by atoms with E-state index in [1.165, 1.54) is 17.3 Å². The maximum absolute atomic E-state index is 12.4. The third-order valence-corrected chi connectivity index (χ3v) is 5.98. The molecule has 1 unspecified atom stereocenters. The number of nitrogens with one attached hydrogen (secondary N) is 1. The summed E-state index contributed by atoms with van der Waals surface area (Å²) in [5.74, 6) is 0.767. The minimum Gasteiger partial charge on any atom is -0.376 e. The van der Waals surface area contributed by atoms with Gasteiger partial charge in [0.15, 0.2) is 5.16 Å². The zero-order valence-corrected chi connectivity index (χ0v) is 17.4. The van der Waals surface area contributed by atoms with Gasteiger partial charge in [-0.2, -0.15) is 0 Å². The monoisotopic (exact) mass is 387 g/mol. The number of imidazole rings is 1. The molecule has 2 aromatic rings. The fraction of sp³-hybridized carbons (Fsp3) is 0.524. The van der Waals surface area contributed by atoms with E-state index in [-0.39, 0.29) is 12.0 Å². The highest BCUT2D eigenvalue weighted by Crippen LogP contribution is 2.25. The Bertz CT molecular complexity index is 795. The Morgan fingerprint density at radius 1 is 1.41 bits per heavy atom. The molecule has 27 heavy (non-hydrogen) atoms. The minimum absolute atomic E-state index is 0.0112. The molecule has 1 atom stereocenters. The predicted molar refractivity (Wildman–Crippen MR) is 111 cm³/mol. The summed E-state index contributed by atoms with van der Waals surface area (Å²) >= 11 is 1.49. The number of benzene rings is 1. The minimum atomic E-state index is -0.0112. The molecular weight excluding hydrogens is 358 g/mol. The average molecular weight is 388 g/mol. The molecule has 0 saturated carbocycles. The lowest BCUT2D eigenvalue weighted by Crippen LogP contribution is -2.18. The molecule has 146 valence electrons. The van der Waals surface area contributed by atoms with Crippen molar-refractivity contribution in [3.8, 4) is 0 Å². The quantitative estimate of drug-likeness (QED) is 0.709. The Morgan fingerprint density at radius 3 is 2.93 bits per heavy atom. The van der Waals surface area contributed by atoms with Gasteiger partial charge in [0.25, 0.3) is 0 Å². The van der Waals surface area contributed by atoms with Gasteiger partial charge in [0, 0.05) is 18.0 Å². The highest BCUT2D eigenvalue weighted by atomic mass is 32.2. The first-order valence-electron chi connectivity index (χ1n) is 9.62. The summed E-state index contributed by atoms with van der Waals surface area (Å²) < 4.78 is 7.97. The van der Waals surface area contributed by atoms with Gasteiger partial charge in [-0.3, -0.25) is 4.79 Å². The van der Waals surface area contributed by atoms with Crippen LogP contribution >= 0.6 is 11.8 Å². The van der Waals surface area contributed by atoms with Crippen LogP contribution in [0.4, 0.5) is 5.69 Å². The lowest BCUT2D eigenvalue weighted by molar-refractivity contribution is -0.113. The number of thioether (sulfide) groups is 1. The zero-order chi connectivity index (χ0) is 19.4. The van der Waals surface area contributed by atoms with E-state index in [9.17, 15) is 4.79 Å². The van der Waals surface area contributed by atoms with Crippen molar-refractivity contribution in [1.29, 1.82) is 0 Å². The van der Waals surface area contributed by atoms with E-state index < -0.39 is 0 Å². The summed E-state index contributed by atoms with van der Waals surface area (Å²) in [5.41, 5.74) is 4.24. The van der Waals surface area contributed by atoms with Gasteiger partial charge < -0.3 is 14.6 Å². The number of nitrogens with zero attached hydrogens (tertiary/aromatic N) is 2. The lowest BCUT2D eigenvalue weighted by atomic mass is 10.0. The Morgan fingerprint density at radius 2 is 2.22 bits per heavy atom. The van der Waals surface area contributed by atoms with Crippen LogP contribution in [0.3, 0.4) is 0 Å². The number of aromatic nitrogens is 2. The second-order valence-corrected chi connectivity index (χ2v) is 8.37. The maximum Gasteiger partial charge on any atom is 0.234 e. The van der Waals surface area contributed by atoms with Crippen molar-refractivity contribution in [2.45, 2.75) is 64.3 Å². The van der Waals surface area contributed by atoms with Gasteiger partial charge in [0.05, 0.1) is 24.1 Å². The molecule has 1 aromatic carbocycles. The standard InChI is InChI=1S/C21H29N3O2S/c1-14(2)17-7-5-8-18(11-17)23-20(25)13-27-21-22-15(3)16(4)24(21)12-19-9-6-10-26-19/h5,7-8,11,14,19H,6,9-10,12-13H2,1-4H3,(H,23,25). The zero-order valence-electron chi connectivity index (χ0n) is 16.6. The molecule has 0 radical (unpaired) electrons. The first-order valence-corrected chi connectivity index (χ1v) is 10.6. The van der Waals surface area contributed by atoms with Crippen molar-refractivity contribution in [3.63, 3.8) is 0 Å². The lowest BCUT2D eigenvalue weighted by Gasteiger charge is -2.14. The molecule has 5 nitrogen and oxygen atoms in total. The van der Waals surface area contributed by atoms with Crippen molar-refractivity contribution in [2.75, 3.05) is 17.7 Å². The Balaban J connectivity index is 1.61. The van der Waals surface area contributed by atoms with Crippen LogP contribution in [0.25, 0.3) is 0 Å². The Hall–Kier alpha value is -1.79. The van der Waals surface area contributed by atoms with Gasteiger partial charge in [-0.05, 0) is 50.3 Å². The molecule has 1 N–H and O–H groups in total. The number of hydrogen-bond acceptors (Lipinski definition) is 4. The van der Waals surface area contributed by atoms with Crippen LogP contribution in [-0.4, -0.2) is 33.9 Å². The molecule has 0 spiro atoms. The molecule has 1 aliphatic heterocycles. The van der Waals surface area contributed by atoms with Crippen molar-refractivity contribution in [1.82, 2.24) is 9.55 Å². The molecule has 1 saturated heterocycles. The van der Waals surface area contributed by atoms with Crippen molar-refractivity contribution < 1.29 is 9.53 Å². The molecule has 1 aliphatic rings. The van der Waals surface area contributed by atoms with Crippen molar-refractivity contribution in [3.05, 3.63) is 41.2 Å². The molecule has 1 fully saturated rings. The summed E-state index contributed by atoms with van der Waals surface area (Å²) in [6, 6.07) is 8.04. The molecule has 3 rings (SSSR count). The largest absolute Gasteiger partial charge is 0.376 e. The highest BCUT2D eigenvalue weighted by molar-refractivity contribution is 7.99. The normalized spacial score (nSPS) is 16.9. The number of carbonyl (C=O) groups is 1.